The maximum absolute atomic E-state index is 12.6. The van der Waals surface area contributed by atoms with Gasteiger partial charge >= 0.3 is 0 Å². The molecule has 0 spiro atoms. The highest BCUT2D eigenvalue weighted by Crippen LogP contribution is 2.21. The van der Waals surface area contributed by atoms with Gasteiger partial charge in [0.25, 0.3) is 0 Å². The molecule has 0 saturated carbocycles. The highest BCUT2D eigenvalue weighted by atomic mass is 32.2. The van der Waals surface area contributed by atoms with Crippen LogP contribution in [-0.2, 0) is 9.84 Å². The molecule has 6 heteroatoms. The molecule has 0 fully saturated rings. The Balaban J connectivity index is 2.20. The van der Waals surface area contributed by atoms with Gasteiger partial charge in [0.05, 0.1) is 12.0 Å². The third-order valence-corrected chi connectivity index (χ3v) is 5.19. The summed E-state index contributed by atoms with van der Waals surface area (Å²) in [5, 5.41) is 0.345. The number of ether oxygens (including phenoxy) is 1. The van der Waals surface area contributed by atoms with Crippen LogP contribution in [0.3, 0.4) is 0 Å². The topological polar surface area (TPSA) is 76.2 Å². The fourth-order valence-corrected chi connectivity index (χ4v) is 3.55. The van der Waals surface area contributed by atoms with E-state index in [4.69, 9.17) is 4.74 Å². The zero-order chi connectivity index (χ0) is 15.7. The minimum Gasteiger partial charge on any atom is -0.497 e. The standard InChI is InChI=1S/C16H13NO4S/c1-21-11-6-8-12(9-7-11)22(19,20)15-10-17-14-5-3-2-4-13(14)16(15)18/h2-10H,1H3,(H,17,18). The number of fused-ring (bicyclic) bond motifs is 1. The van der Waals surface area contributed by atoms with Crippen molar-refractivity contribution >= 4 is 20.7 Å². The lowest BCUT2D eigenvalue weighted by Gasteiger charge is -2.06. The minimum absolute atomic E-state index is 0.0501. The number of sulfone groups is 1. The van der Waals surface area contributed by atoms with Crippen LogP contribution in [0.5, 0.6) is 5.75 Å². The predicted molar refractivity (Wildman–Crippen MR) is 83.0 cm³/mol. The lowest BCUT2D eigenvalue weighted by atomic mass is 10.2. The van der Waals surface area contributed by atoms with E-state index in [2.05, 4.69) is 4.98 Å². The van der Waals surface area contributed by atoms with Gasteiger partial charge in [-0.25, -0.2) is 8.42 Å². The van der Waals surface area contributed by atoms with Gasteiger partial charge in [0.1, 0.15) is 10.6 Å². The zero-order valence-electron chi connectivity index (χ0n) is 11.7. The second kappa shape index (κ2) is 5.31. The largest absolute Gasteiger partial charge is 0.497 e. The maximum Gasteiger partial charge on any atom is 0.211 e. The number of aromatic nitrogens is 1. The number of rotatable bonds is 3. The lowest BCUT2D eigenvalue weighted by molar-refractivity contribution is 0.414. The summed E-state index contributed by atoms with van der Waals surface area (Å²) in [5.41, 5.74) is 0.0892. The van der Waals surface area contributed by atoms with E-state index in [0.717, 1.165) is 0 Å². The summed E-state index contributed by atoms with van der Waals surface area (Å²) in [5.74, 6) is 0.548. The normalized spacial score (nSPS) is 11.5. The van der Waals surface area contributed by atoms with Crippen LogP contribution in [0.2, 0.25) is 0 Å². The van der Waals surface area contributed by atoms with Gasteiger partial charge < -0.3 is 9.72 Å². The van der Waals surface area contributed by atoms with E-state index in [1.54, 1.807) is 36.4 Å². The summed E-state index contributed by atoms with van der Waals surface area (Å²) < 4.78 is 30.3. The van der Waals surface area contributed by atoms with Gasteiger partial charge in [-0.05, 0) is 36.4 Å². The summed E-state index contributed by atoms with van der Waals surface area (Å²) in [6, 6.07) is 12.7. The van der Waals surface area contributed by atoms with E-state index in [-0.39, 0.29) is 9.79 Å². The first-order valence-corrected chi connectivity index (χ1v) is 8.02. The summed E-state index contributed by atoms with van der Waals surface area (Å²) in [6.07, 6.45) is 1.24. The van der Waals surface area contributed by atoms with Crippen LogP contribution < -0.4 is 10.2 Å². The molecule has 22 heavy (non-hydrogen) atoms. The number of pyridine rings is 1. The maximum atomic E-state index is 12.6. The smallest absolute Gasteiger partial charge is 0.211 e. The number of hydrogen-bond donors (Lipinski definition) is 1. The van der Waals surface area contributed by atoms with Crippen LogP contribution >= 0.6 is 0 Å². The van der Waals surface area contributed by atoms with Crippen molar-refractivity contribution in [1.29, 1.82) is 0 Å². The number of hydrogen-bond acceptors (Lipinski definition) is 4. The Morgan fingerprint density at radius 2 is 1.68 bits per heavy atom. The van der Waals surface area contributed by atoms with Crippen molar-refractivity contribution in [3.05, 3.63) is 65.0 Å². The summed E-state index contributed by atoms with van der Waals surface area (Å²) in [6.45, 7) is 0. The molecule has 0 unspecified atom stereocenters. The summed E-state index contributed by atoms with van der Waals surface area (Å²) >= 11 is 0. The lowest BCUT2D eigenvalue weighted by Crippen LogP contribution is -2.16. The molecule has 112 valence electrons. The van der Waals surface area contributed by atoms with Crippen LogP contribution in [0.25, 0.3) is 10.9 Å². The molecule has 0 atom stereocenters. The number of aromatic amines is 1. The van der Waals surface area contributed by atoms with Gasteiger partial charge in [0.15, 0.2) is 0 Å². The molecule has 0 bridgehead atoms. The van der Waals surface area contributed by atoms with Crippen molar-refractivity contribution < 1.29 is 13.2 Å². The van der Waals surface area contributed by atoms with Crippen LogP contribution in [0.1, 0.15) is 0 Å². The Morgan fingerprint density at radius 1 is 1.00 bits per heavy atom. The highest BCUT2D eigenvalue weighted by molar-refractivity contribution is 7.91. The van der Waals surface area contributed by atoms with E-state index in [9.17, 15) is 13.2 Å². The molecule has 1 N–H and O–H groups in total. The van der Waals surface area contributed by atoms with Crippen molar-refractivity contribution in [2.45, 2.75) is 9.79 Å². The predicted octanol–water partition coefficient (Wildman–Crippen LogP) is 2.37. The molecule has 1 aromatic heterocycles. The molecule has 1 heterocycles. The second-order valence-electron chi connectivity index (χ2n) is 4.71. The molecule has 0 aliphatic heterocycles. The number of benzene rings is 2. The second-order valence-corrected chi connectivity index (χ2v) is 6.62. The van der Waals surface area contributed by atoms with E-state index in [0.29, 0.717) is 16.7 Å². The van der Waals surface area contributed by atoms with Crippen LogP contribution in [-0.4, -0.2) is 20.5 Å². The first-order chi connectivity index (χ1) is 10.5. The van der Waals surface area contributed by atoms with Crippen LogP contribution in [0.4, 0.5) is 0 Å². The van der Waals surface area contributed by atoms with Crippen molar-refractivity contribution in [1.82, 2.24) is 4.98 Å². The molecule has 0 radical (unpaired) electrons. The molecule has 3 aromatic rings. The molecule has 5 nitrogen and oxygen atoms in total. The fourth-order valence-electron chi connectivity index (χ4n) is 2.23. The minimum atomic E-state index is -3.89. The van der Waals surface area contributed by atoms with E-state index in [1.165, 1.54) is 25.4 Å². The molecule has 0 aliphatic rings. The monoisotopic (exact) mass is 315 g/mol. The Hall–Kier alpha value is -2.60. The SMILES string of the molecule is COc1ccc(S(=O)(=O)c2c[nH]c3ccccc3c2=O)cc1. The van der Waals surface area contributed by atoms with Gasteiger partial charge in [-0.1, -0.05) is 12.1 Å². The van der Waals surface area contributed by atoms with Gasteiger partial charge in [0.2, 0.25) is 15.3 Å². The van der Waals surface area contributed by atoms with Crippen molar-refractivity contribution in [2.75, 3.05) is 7.11 Å². The third kappa shape index (κ3) is 2.27. The average Bonchev–Trinajstić information content (AvgIpc) is 2.55. The molecule has 2 aromatic carbocycles. The van der Waals surface area contributed by atoms with E-state index >= 15 is 0 Å². The molecule has 3 rings (SSSR count). The van der Waals surface area contributed by atoms with Gasteiger partial charge in [-0.15, -0.1) is 0 Å². The molecule has 0 aliphatic carbocycles. The molecule has 0 amide bonds. The van der Waals surface area contributed by atoms with E-state index < -0.39 is 15.3 Å². The molecule has 0 saturated heterocycles. The number of H-pyrrole nitrogens is 1. The van der Waals surface area contributed by atoms with Crippen molar-refractivity contribution in [3.63, 3.8) is 0 Å². The van der Waals surface area contributed by atoms with Crippen LogP contribution in [0, 0.1) is 0 Å². The summed E-state index contributed by atoms with van der Waals surface area (Å²) in [4.78, 5) is 15.1. The van der Waals surface area contributed by atoms with Crippen molar-refractivity contribution in [2.24, 2.45) is 0 Å². The Labute approximate surface area is 127 Å². The third-order valence-electron chi connectivity index (χ3n) is 3.41. The highest BCUT2D eigenvalue weighted by Gasteiger charge is 2.22. The quantitative estimate of drug-likeness (QED) is 0.805. The number of methoxy groups -OCH3 is 1. The number of para-hydroxylation sites is 1. The Kier molecular flexibility index (Phi) is 3.46. The average molecular weight is 315 g/mol. The number of nitrogens with one attached hydrogen (secondary N) is 1. The first kappa shape index (κ1) is 14.3. The van der Waals surface area contributed by atoms with Gasteiger partial charge in [-0.3, -0.25) is 4.79 Å². The fraction of sp³-hybridized carbons (Fsp3) is 0.0625. The zero-order valence-corrected chi connectivity index (χ0v) is 12.6. The summed E-state index contributed by atoms with van der Waals surface area (Å²) in [7, 11) is -2.39. The van der Waals surface area contributed by atoms with E-state index in [1.807, 2.05) is 0 Å². The molecular formula is C16H13NO4S. The Bertz CT molecular complexity index is 989. The Morgan fingerprint density at radius 3 is 2.36 bits per heavy atom. The van der Waals surface area contributed by atoms with Gasteiger partial charge in [0, 0.05) is 17.1 Å². The molecular weight excluding hydrogens is 302 g/mol. The first-order valence-electron chi connectivity index (χ1n) is 6.53. The van der Waals surface area contributed by atoms with Gasteiger partial charge in [-0.2, -0.15) is 0 Å². The van der Waals surface area contributed by atoms with Crippen LogP contribution in [0.15, 0.2) is 69.3 Å². The van der Waals surface area contributed by atoms with Crippen molar-refractivity contribution in [3.8, 4) is 5.75 Å².